The molecule has 2 aromatic rings. The summed E-state index contributed by atoms with van der Waals surface area (Å²) in [5, 5.41) is 3.15. The van der Waals surface area contributed by atoms with E-state index in [1.807, 2.05) is 13.0 Å². The zero-order valence-corrected chi connectivity index (χ0v) is 17.0. The molecule has 0 heterocycles. The van der Waals surface area contributed by atoms with Gasteiger partial charge < -0.3 is 10.1 Å². The van der Waals surface area contributed by atoms with Crippen LogP contribution in [0.3, 0.4) is 0 Å². The summed E-state index contributed by atoms with van der Waals surface area (Å²) in [4.78, 5) is 12.7. The fourth-order valence-corrected chi connectivity index (χ4v) is 3.73. The fraction of sp³-hybridized carbons (Fsp3) is 0.458. The van der Waals surface area contributed by atoms with Crippen LogP contribution >= 0.6 is 0 Å². The van der Waals surface area contributed by atoms with Crippen LogP contribution in [0.5, 0.6) is 5.75 Å². The molecule has 3 heteroatoms. The highest BCUT2D eigenvalue weighted by molar-refractivity contribution is 5.81. The molecule has 0 aromatic heterocycles. The molecule has 0 saturated heterocycles. The molecule has 0 unspecified atom stereocenters. The molecule has 1 aliphatic carbocycles. The first-order chi connectivity index (χ1) is 13.0. The maximum absolute atomic E-state index is 12.7. The molecule has 0 radical (unpaired) electrons. The average molecular weight is 366 g/mol. The highest BCUT2D eigenvalue weighted by Crippen LogP contribution is 2.26. The molecule has 1 N–H and O–H groups in total. The van der Waals surface area contributed by atoms with Crippen LogP contribution in [0.25, 0.3) is 0 Å². The molecule has 1 amide bonds. The summed E-state index contributed by atoms with van der Waals surface area (Å²) in [6, 6.07) is 12.6. The number of ether oxygens (including phenoxy) is 1. The van der Waals surface area contributed by atoms with Crippen LogP contribution in [0.15, 0.2) is 36.4 Å². The van der Waals surface area contributed by atoms with E-state index < -0.39 is 6.10 Å². The fourth-order valence-electron chi connectivity index (χ4n) is 3.73. The van der Waals surface area contributed by atoms with Gasteiger partial charge in [-0.15, -0.1) is 0 Å². The number of carbonyl (C=O) groups excluding carboxylic acids is 1. The van der Waals surface area contributed by atoms with E-state index in [0.29, 0.717) is 0 Å². The van der Waals surface area contributed by atoms with Crippen molar-refractivity contribution >= 4 is 5.91 Å². The smallest absolute Gasteiger partial charge is 0.261 e. The monoisotopic (exact) mass is 365 g/mol. The largest absolute Gasteiger partial charge is 0.481 e. The van der Waals surface area contributed by atoms with E-state index in [1.165, 1.54) is 35.1 Å². The Labute approximate surface area is 163 Å². The number of carbonyl (C=O) groups is 1. The van der Waals surface area contributed by atoms with E-state index in [1.54, 1.807) is 0 Å². The van der Waals surface area contributed by atoms with Gasteiger partial charge in [-0.3, -0.25) is 4.79 Å². The molecule has 0 aliphatic heterocycles. The Morgan fingerprint density at radius 1 is 1.04 bits per heavy atom. The van der Waals surface area contributed by atoms with Gasteiger partial charge in [0, 0.05) is 0 Å². The van der Waals surface area contributed by atoms with E-state index in [9.17, 15) is 4.79 Å². The van der Waals surface area contributed by atoms with E-state index in [2.05, 4.69) is 56.4 Å². The van der Waals surface area contributed by atoms with Crippen molar-refractivity contribution < 1.29 is 9.53 Å². The van der Waals surface area contributed by atoms with Gasteiger partial charge in [0.25, 0.3) is 5.91 Å². The van der Waals surface area contributed by atoms with Crippen molar-refractivity contribution in [1.82, 2.24) is 5.32 Å². The van der Waals surface area contributed by atoms with Gasteiger partial charge in [-0.25, -0.2) is 0 Å². The number of hydrogen-bond donors (Lipinski definition) is 1. The molecule has 3 nitrogen and oxygen atoms in total. The highest BCUT2D eigenvalue weighted by Gasteiger charge is 2.20. The molecule has 27 heavy (non-hydrogen) atoms. The second kappa shape index (κ2) is 8.60. The van der Waals surface area contributed by atoms with Crippen molar-refractivity contribution in [1.29, 1.82) is 0 Å². The normalized spacial score (nSPS) is 15.6. The Kier molecular flexibility index (Phi) is 6.20. The second-order valence-electron chi connectivity index (χ2n) is 7.71. The summed E-state index contributed by atoms with van der Waals surface area (Å²) in [5.74, 6) is 0.718. The quantitative estimate of drug-likeness (QED) is 0.762. The minimum atomic E-state index is -0.521. The second-order valence-corrected chi connectivity index (χ2v) is 7.71. The number of fused-ring (bicyclic) bond motifs is 1. The first kappa shape index (κ1) is 19.5. The molecule has 3 rings (SSSR count). The Balaban J connectivity index is 1.64. The van der Waals surface area contributed by atoms with Crippen molar-refractivity contribution in [3.8, 4) is 5.75 Å². The van der Waals surface area contributed by atoms with Crippen LogP contribution in [-0.2, 0) is 17.6 Å². The maximum atomic E-state index is 12.7. The van der Waals surface area contributed by atoms with Crippen molar-refractivity contribution in [2.24, 2.45) is 0 Å². The predicted octanol–water partition coefficient (Wildman–Crippen LogP) is 5.22. The Hall–Kier alpha value is -2.29. The Morgan fingerprint density at radius 3 is 2.48 bits per heavy atom. The van der Waals surface area contributed by atoms with Gasteiger partial charge in [-0.2, -0.15) is 0 Å². The van der Waals surface area contributed by atoms with Gasteiger partial charge in [-0.05, 0) is 92.8 Å². The molecular formula is C24H31NO2. The predicted molar refractivity (Wildman–Crippen MR) is 110 cm³/mol. The summed E-state index contributed by atoms with van der Waals surface area (Å²) >= 11 is 0. The summed E-state index contributed by atoms with van der Waals surface area (Å²) in [6.07, 6.45) is 5.09. The lowest BCUT2D eigenvalue weighted by atomic mass is 9.92. The van der Waals surface area contributed by atoms with Crippen molar-refractivity contribution in [2.45, 2.75) is 71.9 Å². The van der Waals surface area contributed by atoms with Gasteiger partial charge in [0.1, 0.15) is 5.75 Å². The van der Waals surface area contributed by atoms with Crippen molar-refractivity contribution in [2.75, 3.05) is 0 Å². The standard InChI is InChI=1S/C24H31NO2/c1-5-23(21-11-10-16(2)17(3)14-21)25-24(26)18(4)27-22-13-12-19-8-6-7-9-20(19)15-22/h10-15,18,23H,5-9H2,1-4H3,(H,25,26)/t18-,23-/m1/s1. The van der Waals surface area contributed by atoms with Gasteiger partial charge in [-0.1, -0.05) is 31.2 Å². The number of rotatable bonds is 6. The molecule has 2 aromatic carbocycles. The van der Waals surface area contributed by atoms with E-state index >= 15 is 0 Å². The Bertz CT molecular complexity index is 812. The van der Waals surface area contributed by atoms with Crippen molar-refractivity contribution in [3.05, 3.63) is 64.2 Å². The molecule has 2 atom stereocenters. The third-order valence-electron chi connectivity index (χ3n) is 5.66. The lowest BCUT2D eigenvalue weighted by molar-refractivity contribution is -0.128. The lowest BCUT2D eigenvalue weighted by Crippen LogP contribution is -2.38. The third kappa shape index (κ3) is 4.71. The first-order valence-electron chi connectivity index (χ1n) is 10.1. The number of aryl methyl sites for hydroxylation is 4. The average Bonchev–Trinajstić information content (AvgIpc) is 2.68. The summed E-state index contributed by atoms with van der Waals surface area (Å²) in [7, 11) is 0. The van der Waals surface area contributed by atoms with Gasteiger partial charge in [0.05, 0.1) is 6.04 Å². The van der Waals surface area contributed by atoms with Crippen LogP contribution in [0.1, 0.15) is 67.0 Å². The minimum Gasteiger partial charge on any atom is -0.481 e. The van der Waals surface area contributed by atoms with Crippen LogP contribution < -0.4 is 10.1 Å². The molecule has 0 spiro atoms. The van der Waals surface area contributed by atoms with Crippen LogP contribution in [0, 0.1) is 13.8 Å². The number of amides is 1. The van der Waals surface area contributed by atoms with E-state index in [-0.39, 0.29) is 11.9 Å². The molecule has 1 aliphatic rings. The summed E-state index contributed by atoms with van der Waals surface area (Å²) in [5.41, 5.74) is 6.46. The summed E-state index contributed by atoms with van der Waals surface area (Å²) in [6.45, 7) is 8.12. The van der Waals surface area contributed by atoms with E-state index in [0.717, 1.165) is 30.6 Å². The number of nitrogens with one attached hydrogen (secondary N) is 1. The van der Waals surface area contributed by atoms with Gasteiger partial charge >= 0.3 is 0 Å². The lowest BCUT2D eigenvalue weighted by Gasteiger charge is -2.22. The first-order valence-corrected chi connectivity index (χ1v) is 10.1. The molecule has 0 saturated carbocycles. The number of hydrogen-bond acceptors (Lipinski definition) is 2. The molecule has 0 bridgehead atoms. The maximum Gasteiger partial charge on any atom is 0.261 e. The van der Waals surface area contributed by atoms with Gasteiger partial charge in [0.2, 0.25) is 0 Å². The molecular weight excluding hydrogens is 334 g/mol. The molecule has 144 valence electrons. The molecule has 0 fully saturated rings. The Morgan fingerprint density at radius 2 is 1.78 bits per heavy atom. The van der Waals surface area contributed by atoms with Crippen LogP contribution in [0.2, 0.25) is 0 Å². The minimum absolute atomic E-state index is 0.00591. The topological polar surface area (TPSA) is 38.3 Å². The SMILES string of the molecule is CC[C@@H](NC(=O)[C@@H](C)Oc1ccc2c(c1)CCCC2)c1ccc(C)c(C)c1. The summed E-state index contributed by atoms with van der Waals surface area (Å²) < 4.78 is 5.95. The third-order valence-corrected chi connectivity index (χ3v) is 5.66. The number of benzene rings is 2. The zero-order chi connectivity index (χ0) is 19.4. The van der Waals surface area contributed by atoms with Crippen molar-refractivity contribution in [3.63, 3.8) is 0 Å². The van der Waals surface area contributed by atoms with Crippen LogP contribution in [0.4, 0.5) is 0 Å². The highest BCUT2D eigenvalue weighted by atomic mass is 16.5. The zero-order valence-electron chi connectivity index (χ0n) is 17.0. The van der Waals surface area contributed by atoms with Crippen LogP contribution in [-0.4, -0.2) is 12.0 Å². The van der Waals surface area contributed by atoms with E-state index in [4.69, 9.17) is 4.74 Å². The van der Waals surface area contributed by atoms with Gasteiger partial charge in [0.15, 0.2) is 6.10 Å².